The topological polar surface area (TPSA) is 89.1 Å². The highest BCUT2D eigenvalue weighted by Crippen LogP contribution is 2.38. The minimum Gasteiger partial charge on any atom is -0.368 e. The average Bonchev–Trinajstić information content (AvgIpc) is 3.25. The first-order valence-electron chi connectivity index (χ1n) is 11.2. The predicted octanol–water partition coefficient (Wildman–Crippen LogP) is 4.58. The molecule has 0 saturated carbocycles. The maximum Gasteiger partial charge on any atom is 0.254 e. The van der Waals surface area contributed by atoms with Gasteiger partial charge in [-0.2, -0.15) is 9.49 Å². The van der Waals surface area contributed by atoms with Crippen LogP contribution in [0.5, 0.6) is 0 Å². The van der Waals surface area contributed by atoms with Crippen molar-refractivity contribution >= 4 is 23.1 Å². The van der Waals surface area contributed by atoms with Gasteiger partial charge in [0.25, 0.3) is 5.91 Å². The summed E-state index contributed by atoms with van der Waals surface area (Å²) in [7, 11) is 0. The van der Waals surface area contributed by atoms with Crippen molar-refractivity contribution in [2.24, 2.45) is 5.73 Å². The zero-order chi connectivity index (χ0) is 23.4. The monoisotopic (exact) mass is 454 g/mol. The second-order valence-electron chi connectivity index (χ2n) is 8.46. The van der Waals surface area contributed by atoms with E-state index in [4.69, 9.17) is 10.8 Å². The molecule has 4 rings (SSSR count). The summed E-state index contributed by atoms with van der Waals surface area (Å²) in [4.78, 5) is 17.9. The lowest BCUT2D eigenvalue weighted by atomic mass is 9.82. The van der Waals surface area contributed by atoms with Gasteiger partial charge in [0.2, 0.25) is 5.95 Å². The van der Waals surface area contributed by atoms with Crippen LogP contribution < -0.4 is 16.0 Å². The van der Waals surface area contributed by atoms with Gasteiger partial charge in [-0.3, -0.25) is 9.48 Å². The van der Waals surface area contributed by atoms with E-state index in [-0.39, 0.29) is 16.9 Å². The third-order valence-electron chi connectivity index (χ3n) is 6.34. The SMILES string of the molecule is CCCCC1(n2cc(C(N)=O)c(Nc3ccc(F)cc3)n2)CCN(c2cccnc2F)CC1. The van der Waals surface area contributed by atoms with E-state index in [0.717, 1.165) is 32.1 Å². The molecular weight excluding hydrogens is 426 g/mol. The first-order valence-corrected chi connectivity index (χ1v) is 11.2. The third kappa shape index (κ3) is 4.81. The molecule has 1 amide bonds. The number of unbranched alkanes of at least 4 members (excludes halogenated alkanes) is 1. The van der Waals surface area contributed by atoms with Gasteiger partial charge >= 0.3 is 0 Å². The summed E-state index contributed by atoms with van der Waals surface area (Å²) in [5.74, 6) is -1.08. The Bertz CT molecular complexity index is 1110. The lowest BCUT2D eigenvalue weighted by Gasteiger charge is -2.43. The van der Waals surface area contributed by atoms with E-state index in [0.29, 0.717) is 30.3 Å². The van der Waals surface area contributed by atoms with Crippen molar-refractivity contribution in [3.05, 3.63) is 66.1 Å². The van der Waals surface area contributed by atoms with Crippen LogP contribution in [0.15, 0.2) is 48.8 Å². The molecule has 0 aliphatic carbocycles. The van der Waals surface area contributed by atoms with Gasteiger partial charge in [0.1, 0.15) is 11.4 Å². The highest BCUT2D eigenvalue weighted by molar-refractivity contribution is 5.98. The number of anilines is 3. The van der Waals surface area contributed by atoms with Crippen molar-refractivity contribution in [2.45, 2.75) is 44.6 Å². The highest BCUT2D eigenvalue weighted by atomic mass is 19.1. The van der Waals surface area contributed by atoms with Crippen LogP contribution in [0.1, 0.15) is 49.4 Å². The molecule has 1 aliphatic rings. The number of carbonyl (C=O) groups is 1. The van der Waals surface area contributed by atoms with E-state index in [1.807, 2.05) is 9.58 Å². The number of nitrogens with two attached hydrogens (primary N) is 1. The van der Waals surface area contributed by atoms with Crippen LogP contribution in [-0.4, -0.2) is 33.8 Å². The van der Waals surface area contributed by atoms with Crippen LogP contribution in [0.3, 0.4) is 0 Å². The second-order valence-corrected chi connectivity index (χ2v) is 8.46. The Labute approximate surface area is 191 Å². The molecule has 3 aromatic rings. The Balaban J connectivity index is 1.62. The van der Waals surface area contributed by atoms with Crippen LogP contribution in [0.25, 0.3) is 0 Å². The van der Waals surface area contributed by atoms with Gasteiger partial charge in [-0.15, -0.1) is 0 Å². The number of primary amides is 1. The Hall–Kier alpha value is -3.49. The van der Waals surface area contributed by atoms with E-state index in [1.54, 1.807) is 30.5 Å². The molecule has 33 heavy (non-hydrogen) atoms. The van der Waals surface area contributed by atoms with Crippen LogP contribution in [0.2, 0.25) is 0 Å². The quantitative estimate of drug-likeness (QED) is 0.486. The van der Waals surface area contributed by atoms with Crippen molar-refractivity contribution in [1.82, 2.24) is 14.8 Å². The molecule has 0 bridgehead atoms. The highest BCUT2D eigenvalue weighted by Gasteiger charge is 2.38. The Morgan fingerprint density at radius 1 is 1.18 bits per heavy atom. The smallest absolute Gasteiger partial charge is 0.254 e. The fraction of sp³-hybridized carbons (Fsp3) is 0.375. The van der Waals surface area contributed by atoms with Crippen molar-refractivity contribution in [3.8, 4) is 0 Å². The largest absolute Gasteiger partial charge is 0.368 e. The van der Waals surface area contributed by atoms with Crippen LogP contribution in [-0.2, 0) is 5.54 Å². The molecule has 1 fully saturated rings. The molecule has 3 heterocycles. The van der Waals surface area contributed by atoms with Crippen molar-refractivity contribution in [2.75, 3.05) is 23.3 Å². The first kappa shape index (κ1) is 22.7. The van der Waals surface area contributed by atoms with Gasteiger partial charge in [0, 0.05) is 31.2 Å². The van der Waals surface area contributed by atoms with Gasteiger partial charge in [0.05, 0.1) is 11.2 Å². The maximum atomic E-state index is 14.2. The van der Waals surface area contributed by atoms with E-state index >= 15 is 0 Å². The third-order valence-corrected chi connectivity index (χ3v) is 6.34. The minimum absolute atomic E-state index is 0.274. The number of nitrogens with zero attached hydrogens (tertiary/aromatic N) is 4. The van der Waals surface area contributed by atoms with E-state index in [1.165, 1.54) is 18.3 Å². The number of carbonyl (C=O) groups excluding carboxylic acids is 1. The lowest BCUT2D eigenvalue weighted by Crippen LogP contribution is -2.47. The Morgan fingerprint density at radius 2 is 1.91 bits per heavy atom. The predicted molar refractivity (Wildman–Crippen MR) is 124 cm³/mol. The second kappa shape index (κ2) is 9.56. The Kier molecular flexibility index (Phi) is 6.57. The number of piperidine rings is 1. The fourth-order valence-corrected chi connectivity index (χ4v) is 4.44. The number of aromatic nitrogens is 3. The number of rotatable bonds is 8. The molecule has 0 spiro atoms. The number of amides is 1. The molecule has 2 aromatic heterocycles. The number of nitrogens with one attached hydrogen (secondary N) is 1. The zero-order valence-corrected chi connectivity index (χ0v) is 18.6. The number of benzene rings is 1. The molecule has 174 valence electrons. The number of hydrogen-bond donors (Lipinski definition) is 2. The molecule has 1 aromatic carbocycles. The molecule has 0 radical (unpaired) electrons. The average molecular weight is 455 g/mol. The number of pyridine rings is 1. The minimum atomic E-state index is -0.591. The van der Waals surface area contributed by atoms with Crippen LogP contribution in [0, 0.1) is 11.8 Å². The van der Waals surface area contributed by atoms with E-state index < -0.39 is 11.9 Å². The van der Waals surface area contributed by atoms with Gasteiger partial charge in [-0.1, -0.05) is 19.8 Å². The number of halogens is 2. The summed E-state index contributed by atoms with van der Waals surface area (Å²) >= 11 is 0. The maximum absolute atomic E-state index is 14.2. The Morgan fingerprint density at radius 3 is 2.55 bits per heavy atom. The molecule has 0 atom stereocenters. The first-order chi connectivity index (χ1) is 15.9. The van der Waals surface area contributed by atoms with Gasteiger partial charge < -0.3 is 16.0 Å². The van der Waals surface area contributed by atoms with Crippen molar-refractivity contribution in [3.63, 3.8) is 0 Å². The van der Waals surface area contributed by atoms with Crippen LogP contribution in [0.4, 0.5) is 26.0 Å². The van der Waals surface area contributed by atoms with Crippen LogP contribution >= 0.6 is 0 Å². The summed E-state index contributed by atoms with van der Waals surface area (Å²) in [6.45, 7) is 3.41. The molecule has 9 heteroatoms. The van der Waals surface area contributed by atoms with Gasteiger partial charge in [-0.05, 0) is 55.7 Å². The molecule has 7 nitrogen and oxygen atoms in total. The van der Waals surface area contributed by atoms with Crippen molar-refractivity contribution in [1.29, 1.82) is 0 Å². The summed E-state index contributed by atoms with van der Waals surface area (Å²) in [6, 6.07) is 9.29. The molecule has 0 unspecified atom stereocenters. The lowest BCUT2D eigenvalue weighted by molar-refractivity contribution is 0.100. The summed E-state index contributed by atoms with van der Waals surface area (Å²) in [6.07, 6.45) is 7.50. The summed E-state index contributed by atoms with van der Waals surface area (Å²) in [5, 5.41) is 7.81. The molecule has 1 aliphatic heterocycles. The van der Waals surface area contributed by atoms with E-state index in [2.05, 4.69) is 17.2 Å². The summed E-state index contributed by atoms with van der Waals surface area (Å²) < 4.78 is 29.3. The van der Waals surface area contributed by atoms with Gasteiger partial charge in [0.15, 0.2) is 5.82 Å². The zero-order valence-electron chi connectivity index (χ0n) is 18.6. The van der Waals surface area contributed by atoms with Crippen molar-refractivity contribution < 1.29 is 13.6 Å². The number of hydrogen-bond acceptors (Lipinski definition) is 5. The van der Waals surface area contributed by atoms with Gasteiger partial charge in [-0.25, -0.2) is 9.37 Å². The molecular formula is C24H28F2N6O. The summed E-state index contributed by atoms with van der Waals surface area (Å²) in [5.41, 5.74) is 6.70. The normalized spacial score (nSPS) is 15.4. The molecule has 1 saturated heterocycles. The van der Waals surface area contributed by atoms with E-state index in [9.17, 15) is 13.6 Å². The molecule has 3 N–H and O–H groups in total. The fourth-order valence-electron chi connectivity index (χ4n) is 4.44. The standard InChI is InChI=1S/C24H28F2N6O/c1-2-3-10-24(11-14-31(15-12-24)20-5-4-13-28-21(20)26)32-16-19(22(27)33)23(30-32)29-18-8-6-17(25)7-9-18/h4-9,13,16H,2-3,10-12,14-15H2,1H3,(H2,27,33)(H,29,30).